The highest BCUT2D eigenvalue weighted by Gasteiger charge is 2.10. The Hall–Kier alpha value is -2.21. The third kappa shape index (κ3) is 3.64. The van der Waals surface area contributed by atoms with Crippen molar-refractivity contribution >= 4 is 39.1 Å². The van der Waals surface area contributed by atoms with Gasteiger partial charge in [-0.15, -0.1) is 0 Å². The Bertz CT molecular complexity index is 658. The zero-order valence-electron chi connectivity index (χ0n) is 10.7. The predicted octanol–water partition coefficient (Wildman–Crippen LogP) is 3.05. The number of nitrogens with zero attached hydrogens (tertiary/aromatic N) is 1. The maximum Gasteiger partial charge on any atom is 0.258 e. The van der Waals surface area contributed by atoms with Gasteiger partial charge in [-0.3, -0.25) is 9.59 Å². The van der Waals surface area contributed by atoms with Crippen molar-refractivity contribution in [2.24, 2.45) is 0 Å². The molecule has 0 saturated carbocycles. The first-order valence-electron chi connectivity index (χ1n) is 5.86. The Morgan fingerprint density at radius 2 is 1.80 bits per heavy atom. The molecule has 0 aliphatic heterocycles. The van der Waals surface area contributed by atoms with E-state index >= 15 is 0 Å². The van der Waals surface area contributed by atoms with E-state index in [-0.39, 0.29) is 11.8 Å². The van der Waals surface area contributed by atoms with Crippen LogP contribution in [0.1, 0.15) is 17.3 Å². The van der Waals surface area contributed by atoms with Gasteiger partial charge in [0.05, 0.1) is 5.56 Å². The Labute approximate surface area is 124 Å². The topological polar surface area (TPSA) is 71.1 Å². The summed E-state index contributed by atoms with van der Waals surface area (Å²) < 4.78 is 0.482. The summed E-state index contributed by atoms with van der Waals surface area (Å²) >= 11 is 3.23. The van der Waals surface area contributed by atoms with Crippen molar-refractivity contribution in [2.75, 3.05) is 10.6 Å². The molecule has 0 atom stereocenters. The number of nitrogens with one attached hydrogen (secondary N) is 2. The number of carbonyl (C=O) groups excluding carboxylic acids is 2. The number of aromatic nitrogens is 1. The molecule has 6 heteroatoms. The zero-order valence-corrected chi connectivity index (χ0v) is 12.3. The second kappa shape index (κ2) is 6.29. The fraction of sp³-hybridized carbons (Fsp3) is 0.0714. The van der Waals surface area contributed by atoms with E-state index < -0.39 is 0 Å². The predicted molar refractivity (Wildman–Crippen MR) is 80.6 cm³/mol. The summed E-state index contributed by atoms with van der Waals surface area (Å²) in [4.78, 5) is 27.1. The molecule has 1 aromatic heterocycles. The molecule has 102 valence electrons. The van der Waals surface area contributed by atoms with E-state index in [4.69, 9.17) is 0 Å². The van der Waals surface area contributed by atoms with Gasteiger partial charge in [0.15, 0.2) is 0 Å². The van der Waals surface area contributed by atoms with Crippen LogP contribution < -0.4 is 10.6 Å². The summed E-state index contributed by atoms with van der Waals surface area (Å²) in [5.41, 5.74) is 1.66. The molecule has 0 aliphatic rings. The Morgan fingerprint density at radius 1 is 1.10 bits per heavy atom. The van der Waals surface area contributed by atoms with E-state index in [2.05, 4.69) is 31.5 Å². The maximum absolute atomic E-state index is 12.1. The van der Waals surface area contributed by atoms with Crippen molar-refractivity contribution in [1.29, 1.82) is 0 Å². The monoisotopic (exact) mass is 333 g/mol. The van der Waals surface area contributed by atoms with Crippen LogP contribution in [-0.2, 0) is 4.79 Å². The van der Waals surface area contributed by atoms with E-state index in [1.165, 1.54) is 6.92 Å². The van der Waals surface area contributed by atoms with Gasteiger partial charge in [0.2, 0.25) is 5.91 Å². The highest BCUT2D eigenvalue weighted by molar-refractivity contribution is 9.10. The molecule has 0 unspecified atom stereocenters. The fourth-order valence-corrected chi connectivity index (χ4v) is 2.06. The Balaban J connectivity index is 2.16. The van der Waals surface area contributed by atoms with Crippen LogP contribution >= 0.6 is 15.9 Å². The minimum Gasteiger partial charge on any atom is -0.326 e. The van der Waals surface area contributed by atoms with E-state index in [0.717, 1.165) is 0 Å². The average Bonchev–Trinajstić information content (AvgIpc) is 2.38. The van der Waals surface area contributed by atoms with Gasteiger partial charge in [0.1, 0.15) is 4.60 Å². The van der Waals surface area contributed by atoms with Gasteiger partial charge in [-0.2, -0.15) is 0 Å². The summed E-state index contributed by atoms with van der Waals surface area (Å²) in [6, 6.07) is 10.3. The van der Waals surface area contributed by atoms with Crippen LogP contribution in [-0.4, -0.2) is 16.8 Å². The number of amides is 2. The minimum absolute atomic E-state index is 0.163. The summed E-state index contributed by atoms with van der Waals surface area (Å²) in [5.74, 6) is -0.437. The van der Waals surface area contributed by atoms with E-state index in [0.29, 0.717) is 21.5 Å². The first kappa shape index (κ1) is 14.2. The van der Waals surface area contributed by atoms with Gasteiger partial charge < -0.3 is 10.6 Å². The molecule has 2 N–H and O–H groups in total. The van der Waals surface area contributed by atoms with Crippen LogP contribution in [0.3, 0.4) is 0 Å². The summed E-state index contributed by atoms with van der Waals surface area (Å²) in [7, 11) is 0. The first-order valence-corrected chi connectivity index (χ1v) is 6.65. The lowest BCUT2D eigenvalue weighted by Gasteiger charge is -2.08. The van der Waals surface area contributed by atoms with Crippen LogP contribution in [0.15, 0.2) is 47.2 Å². The van der Waals surface area contributed by atoms with Crippen LogP contribution in [0.5, 0.6) is 0 Å². The van der Waals surface area contributed by atoms with Crippen LogP contribution in [0.25, 0.3) is 0 Å². The van der Waals surface area contributed by atoms with Gasteiger partial charge >= 0.3 is 0 Å². The lowest BCUT2D eigenvalue weighted by molar-refractivity contribution is -0.114. The third-order valence-corrected chi connectivity index (χ3v) is 3.08. The lowest BCUT2D eigenvalue weighted by Crippen LogP contribution is -2.13. The van der Waals surface area contributed by atoms with Crippen LogP contribution in [0, 0.1) is 0 Å². The molecule has 2 rings (SSSR count). The van der Waals surface area contributed by atoms with Gasteiger partial charge in [0.25, 0.3) is 5.91 Å². The Morgan fingerprint density at radius 3 is 2.45 bits per heavy atom. The molecule has 2 amide bonds. The molecule has 20 heavy (non-hydrogen) atoms. The quantitative estimate of drug-likeness (QED) is 0.848. The van der Waals surface area contributed by atoms with Gasteiger partial charge in [-0.25, -0.2) is 4.98 Å². The molecule has 1 heterocycles. The third-order valence-electron chi connectivity index (χ3n) is 2.44. The smallest absolute Gasteiger partial charge is 0.258 e. The number of rotatable bonds is 3. The molecule has 0 fully saturated rings. The van der Waals surface area contributed by atoms with Gasteiger partial charge in [-0.05, 0) is 46.3 Å². The van der Waals surface area contributed by atoms with E-state index in [9.17, 15) is 9.59 Å². The molecule has 0 spiro atoms. The van der Waals surface area contributed by atoms with Crippen molar-refractivity contribution in [1.82, 2.24) is 4.98 Å². The van der Waals surface area contributed by atoms with Crippen molar-refractivity contribution in [3.63, 3.8) is 0 Å². The maximum atomic E-state index is 12.1. The second-order valence-corrected chi connectivity index (χ2v) is 4.81. The molecule has 2 aromatic rings. The molecule has 0 radical (unpaired) electrons. The van der Waals surface area contributed by atoms with Crippen molar-refractivity contribution in [3.8, 4) is 0 Å². The number of pyridine rings is 1. The number of halogens is 1. The molecular weight excluding hydrogens is 322 g/mol. The SMILES string of the molecule is CC(=O)Nc1cccc(NC(=O)c2cccnc2Br)c1. The zero-order chi connectivity index (χ0) is 14.5. The molecule has 0 aliphatic carbocycles. The standard InChI is InChI=1S/C14H12BrN3O2/c1-9(19)17-10-4-2-5-11(8-10)18-14(20)12-6-3-7-16-13(12)15/h2-8H,1H3,(H,17,19)(H,18,20). The number of carbonyl (C=O) groups is 2. The first-order chi connectivity index (χ1) is 9.56. The number of hydrogen-bond donors (Lipinski definition) is 2. The minimum atomic E-state index is -0.273. The number of anilines is 2. The second-order valence-electron chi connectivity index (χ2n) is 4.06. The molecule has 5 nitrogen and oxygen atoms in total. The van der Waals surface area contributed by atoms with Gasteiger partial charge in [0, 0.05) is 24.5 Å². The Kier molecular flexibility index (Phi) is 4.47. The normalized spacial score (nSPS) is 9.90. The largest absolute Gasteiger partial charge is 0.326 e. The van der Waals surface area contributed by atoms with Crippen molar-refractivity contribution in [2.45, 2.75) is 6.92 Å². The number of hydrogen-bond acceptors (Lipinski definition) is 3. The molecule has 0 saturated heterocycles. The van der Waals surface area contributed by atoms with Crippen molar-refractivity contribution in [3.05, 3.63) is 52.8 Å². The average molecular weight is 334 g/mol. The highest BCUT2D eigenvalue weighted by Crippen LogP contribution is 2.18. The summed E-state index contributed by atoms with van der Waals surface area (Å²) in [6.45, 7) is 1.43. The van der Waals surface area contributed by atoms with Gasteiger partial charge in [-0.1, -0.05) is 6.07 Å². The number of benzene rings is 1. The lowest BCUT2D eigenvalue weighted by atomic mass is 10.2. The van der Waals surface area contributed by atoms with Crippen LogP contribution in [0.4, 0.5) is 11.4 Å². The molecule has 0 bridgehead atoms. The molecular formula is C14H12BrN3O2. The van der Waals surface area contributed by atoms with Crippen molar-refractivity contribution < 1.29 is 9.59 Å². The van der Waals surface area contributed by atoms with E-state index in [1.807, 2.05) is 0 Å². The summed E-state index contributed by atoms with van der Waals surface area (Å²) in [5, 5.41) is 5.41. The highest BCUT2D eigenvalue weighted by atomic mass is 79.9. The van der Waals surface area contributed by atoms with E-state index in [1.54, 1.807) is 42.6 Å². The molecule has 1 aromatic carbocycles. The summed E-state index contributed by atoms with van der Waals surface area (Å²) in [6.07, 6.45) is 1.60. The van der Waals surface area contributed by atoms with Crippen LogP contribution in [0.2, 0.25) is 0 Å². The fourth-order valence-electron chi connectivity index (χ4n) is 1.63.